The Labute approximate surface area is 191 Å². The first-order chi connectivity index (χ1) is 15.1. The van der Waals surface area contributed by atoms with Crippen LogP contribution >= 0.6 is 0 Å². The summed E-state index contributed by atoms with van der Waals surface area (Å²) in [5.41, 5.74) is 5.89. The first-order valence-corrected chi connectivity index (χ1v) is 12.0. The molecule has 3 aromatic rings. The Morgan fingerprint density at radius 3 is 1.91 bits per heavy atom. The average Bonchev–Trinajstić information content (AvgIpc) is 2.66. The molecule has 0 aliphatic rings. The molecule has 0 aromatic heterocycles. The van der Waals surface area contributed by atoms with Gasteiger partial charge in [0.05, 0.1) is 11.4 Å². The van der Waals surface area contributed by atoms with E-state index in [1.165, 1.54) is 4.31 Å². The predicted molar refractivity (Wildman–Crippen MR) is 129 cm³/mol. The summed E-state index contributed by atoms with van der Waals surface area (Å²) in [5, 5.41) is 2.86. The van der Waals surface area contributed by atoms with E-state index >= 15 is 0 Å². The number of amides is 1. The van der Waals surface area contributed by atoms with Gasteiger partial charge in [0.2, 0.25) is 15.9 Å². The van der Waals surface area contributed by atoms with E-state index in [9.17, 15) is 13.2 Å². The Kier molecular flexibility index (Phi) is 7.16. The van der Waals surface area contributed by atoms with Gasteiger partial charge in [0.25, 0.3) is 0 Å². The second kappa shape index (κ2) is 9.67. The highest BCUT2D eigenvalue weighted by Crippen LogP contribution is 2.26. The molecule has 0 bridgehead atoms. The molecular weight excluding hydrogens is 420 g/mol. The molecule has 0 saturated heterocycles. The van der Waals surface area contributed by atoms with Gasteiger partial charge >= 0.3 is 0 Å². The van der Waals surface area contributed by atoms with Crippen molar-refractivity contribution in [1.82, 2.24) is 4.31 Å². The van der Waals surface area contributed by atoms with Crippen molar-refractivity contribution in [2.24, 2.45) is 0 Å². The number of rotatable bonds is 7. The number of hydrogen-bond acceptors (Lipinski definition) is 3. The summed E-state index contributed by atoms with van der Waals surface area (Å²) in [6.45, 7) is 9.27. The lowest BCUT2D eigenvalue weighted by Gasteiger charge is -2.24. The normalized spacial score (nSPS) is 11.6. The van der Waals surface area contributed by atoms with Crippen LogP contribution in [0, 0.1) is 34.6 Å². The highest BCUT2D eigenvalue weighted by atomic mass is 32.2. The van der Waals surface area contributed by atoms with Crippen LogP contribution < -0.4 is 5.32 Å². The molecule has 0 unspecified atom stereocenters. The fourth-order valence-corrected chi connectivity index (χ4v) is 5.92. The molecule has 168 valence electrons. The zero-order valence-electron chi connectivity index (χ0n) is 19.3. The molecule has 0 spiro atoms. The molecule has 6 heteroatoms. The molecule has 0 radical (unpaired) electrons. The van der Waals surface area contributed by atoms with Gasteiger partial charge in [0, 0.05) is 12.2 Å². The van der Waals surface area contributed by atoms with Crippen LogP contribution in [0.5, 0.6) is 0 Å². The van der Waals surface area contributed by atoms with Crippen molar-refractivity contribution in [1.29, 1.82) is 0 Å². The van der Waals surface area contributed by atoms with E-state index in [4.69, 9.17) is 0 Å². The van der Waals surface area contributed by atoms with Crippen molar-refractivity contribution in [2.45, 2.75) is 46.1 Å². The van der Waals surface area contributed by atoms with Gasteiger partial charge in [-0.1, -0.05) is 54.1 Å². The largest absolute Gasteiger partial charge is 0.325 e. The van der Waals surface area contributed by atoms with Gasteiger partial charge in [0.1, 0.15) is 0 Å². The van der Waals surface area contributed by atoms with Crippen LogP contribution in [0.25, 0.3) is 0 Å². The van der Waals surface area contributed by atoms with Crippen LogP contribution in [0.4, 0.5) is 5.69 Å². The van der Waals surface area contributed by atoms with Gasteiger partial charge in [-0.25, -0.2) is 8.42 Å². The third kappa shape index (κ3) is 5.64. The number of carbonyl (C=O) groups excluding carboxylic acids is 1. The van der Waals surface area contributed by atoms with E-state index in [1.807, 2.05) is 81.4 Å². The van der Waals surface area contributed by atoms with E-state index in [0.29, 0.717) is 16.8 Å². The number of anilines is 1. The van der Waals surface area contributed by atoms with Crippen molar-refractivity contribution in [3.05, 3.63) is 94.0 Å². The van der Waals surface area contributed by atoms with Gasteiger partial charge in [-0.05, 0) is 74.6 Å². The van der Waals surface area contributed by atoms with Crippen LogP contribution in [0.15, 0.2) is 65.6 Å². The third-order valence-corrected chi connectivity index (χ3v) is 7.33. The minimum Gasteiger partial charge on any atom is -0.325 e. The van der Waals surface area contributed by atoms with Crippen LogP contribution in [0.1, 0.15) is 33.4 Å². The average molecular weight is 451 g/mol. The van der Waals surface area contributed by atoms with Crippen molar-refractivity contribution in [2.75, 3.05) is 11.9 Å². The van der Waals surface area contributed by atoms with Crippen LogP contribution in [-0.2, 0) is 21.4 Å². The summed E-state index contributed by atoms with van der Waals surface area (Å²) < 4.78 is 28.7. The number of benzene rings is 3. The number of carbonyl (C=O) groups is 1. The number of nitrogens with zero attached hydrogens (tertiary/aromatic N) is 1. The highest BCUT2D eigenvalue weighted by molar-refractivity contribution is 7.89. The summed E-state index contributed by atoms with van der Waals surface area (Å²) in [7, 11) is -3.91. The Morgan fingerprint density at radius 2 is 1.34 bits per heavy atom. The highest BCUT2D eigenvalue weighted by Gasteiger charge is 2.30. The van der Waals surface area contributed by atoms with Gasteiger partial charge in [0.15, 0.2) is 0 Å². The van der Waals surface area contributed by atoms with Gasteiger partial charge in [-0.2, -0.15) is 4.31 Å². The fraction of sp³-hybridized carbons (Fsp3) is 0.269. The van der Waals surface area contributed by atoms with Gasteiger partial charge in [-0.3, -0.25) is 4.79 Å². The SMILES string of the molecule is Cc1cc(C)cc(NC(=O)CN(Cc2ccccc2)S(=O)(=O)c2c(C)cc(C)cc2C)c1. The van der Waals surface area contributed by atoms with Crippen molar-refractivity contribution in [3.63, 3.8) is 0 Å². The molecule has 0 aliphatic heterocycles. The second-order valence-electron chi connectivity index (χ2n) is 8.41. The maximum absolute atomic E-state index is 13.7. The van der Waals surface area contributed by atoms with Crippen molar-refractivity contribution >= 4 is 21.6 Å². The monoisotopic (exact) mass is 450 g/mol. The third-order valence-electron chi connectivity index (χ3n) is 5.23. The first kappa shape index (κ1) is 23.7. The molecule has 0 saturated carbocycles. The van der Waals surface area contributed by atoms with E-state index in [2.05, 4.69) is 5.32 Å². The lowest BCUT2D eigenvalue weighted by molar-refractivity contribution is -0.116. The van der Waals surface area contributed by atoms with Crippen molar-refractivity contribution < 1.29 is 13.2 Å². The smallest absolute Gasteiger partial charge is 0.244 e. The second-order valence-corrected chi connectivity index (χ2v) is 10.3. The topological polar surface area (TPSA) is 66.5 Å². The zero-order chi connectivity index (χ0) is 23.5. The molecule has 0 fully saturated rings. The summed E-state index contributed by atoms with van der Waals surface area (Å²) in [4.78, 5) is 13.2. The number of nitrogens with one attached hydrogen (secondary N) is 1. The summed E-state index contributed by atoms with van der Waals surface area (Å²) in [6, 6.07) is 18.8. The van der Waals surface area contributed by atoms with Crippen LogP contribution in [0.2, 0.25) is 0 Å². The molecule has 3 rings (SSSR count). The van der Waals surface area contributed by atoms with Crippen LogP contribution in [0.3, 0.4) is 0 Å². The minimum absolute atomic E-state index is 0.107. The molecule has 0 atom stereocenters. The molecule has 0 heterocycles. The van der Waals surface area contributed by atoms with Crippen LogP contribution in [-0.4, -0.2) is 25.2 Å². The Hall–Kier alpha value is -2.96. The molecule has 0 aliphatic carbocycles. The summed E-state index contributed by atoms with van der Waals surface area (Å²) in [6.07, 6.45) is 0. The minimum atomic E-state index is -3.91. The Balaban J connectivity index is 1.95. The summed E-state index contributed by atoms with van der Waals surface area (Å²) in [5.74, 6) is -0.378. The fourth-order valence-electron chi connectivity index (χ4n) is 4.12. The quantitative estimate of drug-likeness (QED) is 0.547. The van der Waals surface area contributed by atoms with E-state index < -0.39 is 10.0 Å². The molecule has 1 N–H and O–H groups in total. The Bertz CT molecular complexity index is 1190. The molecule has 1 amide bonds. The Morgan fingerprint density at radius 1 is 0.812 bits per heavy atom. The van der Waals surface area contributed by atoms with E-state index in [-0.39, 0.29) is 23.9 Å². The standard InChI is InChI=1S/C26H30N2O3S/c1-18-11-19(2)15-24(14-18)27-25(29)17-28(16-23-9-7-6-8-10-23)32(30,31)26-21(4)12-20(3)13-22(26)5/h6-15H,16-17H2,1-5H3,(H,27,29). The lowest BCUT2D eigenvalue weighted by atomic mass is 10.1. The predicted octanol–water partition coefficient (Wildman–Crippen LogP) is 5.06. The van der Waals surface area contributed by atoms with Gasteiger partial charge < -0.3 is 5.32 Å². The zero-order valence-corrected chi connectivity index (χ0v) is 20.1. The molecule has 3 aromatic carbocycles. The van der Waals surface area contributed by atoms with Crippen molar-refractivity contribution in [3.8, 4) is 0 Å². The first-order valence-electron chi connectivity index (χ1n) is 10.6. The summed E-state index contributed by atoms with van der Waals surface area (Å²) >= 11 is 0. The van der Waals surface area contributed by atoms with E-state index in [0.717, 1.165) is 22.3 Å². The number of aryl methyl sites for hydroxylation is 5. The number of hydrogen-bond donors (Lipinski definition) is 1. The number of sulfonamides is 1. The maximum Gasteiger partial charge on any atom is 0.244 e. The van der Waals surface area contributed by atoms with E-state index in [1.54, 1.807) is 13.8 Å². The molecular formula is C26H30N2O3S. The van der Waals surface area contributed by atoms with Gasteiger partial charge in [-0.15, -0.1) is 0 Å². The molecule has 32 heavy (non-hydrogen) atoms. The lowest BCUT2D eigenvalue weighted by Crippen LogP contribution is -2.38. The molecule has 5 nitrogen and oxygen atoms in total. The maximum atomic E-state index is 13.7.